The predicted octanol–water partition coefficient (Wildman–Crippen LogP) is 1.22. The lowest BCUT2D eigenvalue weighted by Crippen LogP contribution is -2.40. The minimum Gasteiger partial charge on any atom is -0.326 e. The zero-order chi connectivity index (χ0) is 12.4. The molecule has 0 saturated carbocycles. The lowest BCUT2D eigenvalue weighted by atomic mass is 10.1. The van der Waals surface area contributed by atoms with Crippen molar-refractivity contribution in [2.24, 2.45) is 5.73 Å². The van der Waals surface area contributed by atoms with Gasteiger partial charge in [0.05, 0.1) is 4.90 Å². The smallest absolute Gasteiger partial charge is 0.241 e. The van der Waals surface area contributed by atoms with Crippen molar-refractivity contribution in [3.05, 3.63) is 29.8 Å². The van der Waals surface area contributed by atoms with Gasteiger partial charge in [-0.3, -0.25) is 0 Å². The highest BCUT2D eigenvalue weighted by Crippen LogP contribution is 2.13. The fourth-order valence-corrected chi connectivity index (χ4v) is 2.69. The highest BCUT2D eigenvalue weighted by molar-refractivity contribution is 7.89. The minimum absolute atomic E-state index is 0.264. The Hall–Kier alpha value is -0.910. The summed E-state index contributed by atoms with van der Waals surface area (Å²) >= 11 is 0. The molecule has 3 N–H and O–H groups in total. The van der Waals surface area contributed by atoms with Crippen LogP contribution in [0.1, 0.15) is 26.3 Å². The molecule has 0 aliphatic heterocycles. The van der Waals surface area contributed by atoms with Gasteiger partial charge in [-0.1, -0.05) is 12.1 Å². The Morgan fingerprint density at radius 1 is 1.19 bits per heavy atom. The molecular weight excluding hydrogens is 224 g/mol. The van der Waals surface area contributed by atoms with Crippen LogP contribution in [0.25, 0.3) is 0 Å². The normalized spacial score (nSPS) is 12.8. The highest BCUT2D eigenvalue weighted by atomic mass is 32.2. The molecule has 0 fully saturated rings. The van der Waals surface area contributed by atoms with E-state index in [1.54, 1.807) is 45.0 Å². The molecule has 0 heterocycles. The minimum atomic E-state index is -3.43. The zero-order valence-electron chi connectivity index (χ0n) is 9.82. The third-order valence-electron chi connectivity index (χ3n) is 1.91. The molecule has 0 atom stereocenters. The number of sulfonamides is 1. The molecule has 1 aromatic rings. The SMILES string of the molecule is CC(C)(C)NS(=O)(=O)c1ccc(CN)cc1. The van der Waals surface area contributed by atoms with E-state index in [1.165, 1.54) is 0 Å². The van der Waals surface area contributed by atoms with Crippen LogP contribution in [0.2, 0.25) is 0 Å². The maximum Gasteiger partial charge on any atom is 0.241 e. The van der Waals surface area contributed by atoms with Gasteiger partial charge in [-0.25, -0.2) is 13.1 Å². The van der Waals surface area contributed by atoms with Crippen molar-refractivity contribution in [2.45, 2.75) is 37.8 Å². The fraction of sp³-hybridized carbons (Fsp3) is 0.455. The summed E-state index contributed by atoms with van der Waals surface area (Å²) in [6.45, 7) is 5.82. The standard InChI is InChI=1S/C11H18N2O2S/c1-11(2,3)13-16(14,15)10-6-4-9(8-12)5-7-10/h4-7,13H,8,12H2,1-3H3. The van der Waals surface area contributed by atoms with Crippen molar-refractivity contribution in [3.8, 4) is 0 Å². The summed E-state index contributed by atoms with van der Waals surface area (Å²) in [5.41, 5.74) is 5.88. The van der Waals surface area contributed by atoms with Crippen molar-refractivity contribution < 1.29 is 8.42 Å². The average molecular weight is 242 g/mol. The summed E-state index contributed by atoms with van der Waals surface area (Å²) in [5, 5.41) is 0. The van der Waals surface area contributed by atoms with E-state index in [2.05, 4.69) is 4.72 Å². The van der Waals surface area contributed by atoms with Crippen LogP contribution in [0.3, 0.4) is 0 Å². The summed E-state index contributed by atoms with van der Waals surface area (Å²) in [4.78, 5) is 0.264. The number of hydrogen-bond acceptors (Lipinski definition) is 3. The van der Waals surface area contributed by atoms with Crippen LogP contribution >= 0.6 is 0 Å². The monoisotopic (exact) mass is 242 g/mol. The second-order valence-corrected chi connectivity index (χ2v) is 6.39. The zero-order valence-corrected chi connectivity index (χ0v) is 10.6. The van der Waals surface area contributed by atoms with Gasteiger partial charge >= 0.3 is 0 Å². The van der Waals surface area contributed by atoms with Crippen molar-refractivity contribution in [3.63, 3.8) is 0 Å². The summed E-state index contributed by atoms with van der Waals surface area (Å²) in [6.07, 6.45) is 0. The first-order valence-corrected chi connectivity index (χ1v) is 6.56. The van der Waals surface area contributed by atoms with E-state index < -0.39 is 15.6 Å². The Bertz CT molecular complexity index is 444. The summed E-state index contributed by atoms with van der Waals surface area (Å²) in [7, 11) is -3.43. The van der Waals surface area contributed by atoms with Crippen molar-refractivity contribution >= 4 is 10.0 Å². The van der Waals surface area contributed by atoms with E-state index in [0.29, 0.717) is 6.54 Å². The van der Waals surface area contributed by atoms with Gasteiger partial charge in [-0.15, -0.1) is 0 Å². The molecule has 5 heteroatoms. The van der Waals surface area contributed by atoms with Crippen molar-refractivity contribution in [1.29, 1.82) is 0 Å². The van der Waals surface area contributed by atoms with Crippen molar-refractivity contribution in [1.82, 2.24) is 4.72 Å². The first kappa shape index (κ1) is 13.2. The maximum atomic E-state index is 11.9. The van der Waals surface area contributed by atoms with Gasteiger partial charge in [-0.2, -0.15) is 0 Å². The van der Waals surface area contributed by atoms with Gasteiger partial charge in [0, 0.05) is 12.1 Å². The molecule has 4 nitrogen and oxygen atoms in total. The maximum absolute atomic E-state index is 11.9. The number of nitrogens with two attached hydrogens (primary N) is 1. The molecule has 0 saturated heterocycles. The molecule has 90 valence electrons. The van der Waals surface area contributed by atoms with Crippen LogP contribution in [-0.4, -0.2) is 14.0 Å². The quantitative estimate of drug-likeness (QED) is 0.837. The molecule has 1 aromatic carbocycles. The van der Waals surface area contributed by atoms with Gasteiger partial charge in [0.25, 0.3) is 0 Å². The van der Waals surface area contributed by atoms with E-state index in [1.807, 2.05) is 0 Å². The molecular formula is C11H18N2O2S. The molecule has 0 unspecified atom stereocenters. The van der Waals surface area contributed by atoms with E-state index in [4.69, 9.17) is 5.73 Å². The van der Waals surface area contributed by atoms with E-state index in [9.17, 15) is 8.42 Å². The first-order chi connectivity index (χ1) is 7.24. The van der Waals surface area contributed by atoms with Crippen LogP contribution < -0.4 is 10.5 Å². The Balaban J connectivity index is 2.99. The topological polar surface area (TPSA) is 72.2 Å². The molecule has 0 bridgehead atoms. The Morgan fingerprint density at radius 2 is 1.69 bits per heavy atom. The Labute approximate surface area is 96.9 Å². The van der Waals surface area contributed by atoms with Crippen LogP contribution in [-0.2, 0) is 16.6 Å². The van der Waals surface area contributed by atoms with Gasteiger partial charge in [0.15, 0.2) is 0 Å². The van der Waals surface area contributed by atoms with Gasteiger partial charge in [0.1, 0.15) is 0 Å². The second-order valence-electron chi connectivity index (χ2n) is 4.70. The Morgan fingerprint density at radius 3 is 2.06 bits per heavy atom. The number of hydrogen-bond donors (Lipinski definition) is 2. The third kappa shape index (κ3) is 3.59. The molecule has 0 radical (unpaired) electrons. The summed E-state index contributed by atoms with van der Waals surface area (Å²) in [5.74, 6) is 0. The summed E-state index contributed by atoms with van der Waals surface area (Å²) < 4.78 is 26.4. The lowest BCUT2D eigenvalue weighted by Gasteiger charge is -2.20. The molecule has 0 aliphatic carbocycles. The van der Waals surface area contributed by atoms with Gasteiger partial charge < -0.3 is 5.73 Å². The molecule has 16 heavy (non-hydrogen) atoms. The van der Waals surface area contributed by atoms with Crippen LogP contribution in [0.4, 0.5) is 0 Å². The number of benzene rings is 1. The van der Waals surface area contributed by atoms with E-state index in [-0.39, 0.29) is 4.90 Å². The predicted molar refractivity (Wildman–Crippen MR) is 64.4 cm³/mol. The fourth-order valence-electron chi connectivity index (χ4n) is 1.27. The van der Waals surface area contributed by atoms with Gasteiger partial charge in [-0.05, 0) is 38.5 Å². The van der Waals surface area contributed by atoms with Crippen LogP contribution in [0.15, 0.2) is 29.2 Å². The molecule has 0 amide bonds. The van der Waals surface area contributed by atoms with Crippen LogP contribution in [0.5, 0.6) is 0 Å². The van der Waals surface area contributed by atoms with Crippen molar-refractivity contribution in [2.75, 3.05) is 0 Å². The highest BCUT2D eigenvalue weighted by Gasteiger charge is 2.21. The molecule has 0 aromatic heterocycles. The molecule has 0 spiro atoms. The second kappa shape index (κ2) is 4.53. The first-order valence-electron chi connectivity index (χ1n) is 5.07. The largest absolute Gasteiger partial charge is 0.326 e. The number of rotatable bonds is 3. The third-order valence-corrected chi connectivity index (χ3v) is 3.68. The molecule has 1 rings (SSSR count). The van der Waals surface area contributed by atoms with E-state index >= 15 is 0 Å². The lowest BCUT2D eigenvalue weighted by molar-refractivity contribution is 0.491. The van der Waals surface area contributed by atoms with Crippen LogP contribution in [0, 0.1) is 0 Å². The number of nitrogens with one attached hydrogen (secondary N) is 1. The summed E-state index contributed by atoms with van der Waals surface area (Å²) in [6, 6.07) is 6.57. The average Bonchev–Trinajstić information content (AvgIpc) is 2.14. The van der Waals surface area contributed by atoms with E-state index in [0.717, 1.165) is 5.56 Å². The van der Waals surface area contributed by atoms with Gasteiger partial charge in [0.2, 0.25) is 10.0 Å². The molecule has 0 aliphatic rings. The Kier molecular flexibility index (Phi) is 3.72.